The SMILES string of the molecule is CS(=O)(=O)Nc1ccc(C(=O)NCC2(O)CCOC2)cc1. The van der Waals surface area contributed by atoms with Gasteiger partial charge in [-0.3, -0.25) is 9.52 Å². The maximum atomic E-state index is 11.9. The summed E-state index contributed by atoms with van der Waals surface area (Å²) in [5.74, 6) is -0.332. The van der Waals surface area contributed by atoms with Gasteiger partial charge in [-0.2, -0.15) is 0 Å². The fraction of sp³-hybridized carbons (Fsp3) is 0.462. The molecule has 3 N–H and O–H groups in total. The standard InChI is InChI=1S/C13H18N2O5S/c1-21(18,19)15-11-4-2-10(3-5-11)12(16)14-8-13(17)6-7-20-9-13/h2-5,15,17H,6-9H2,1H3,(H,14,16). The Hall–Kier alpha value is -1.64. The lowest BCUT2D eigenvalue weighted by atomic mass is 10.0. The zero-order chi connectivity index (χ0) is 15.5. The highest BCUT2D eigenvalue weighted by Gasteiger charge is 2.32. The second kappa shape index (κ2) is 6.00. The van der Waals surface area contributed by atoms with Crippen LogP contribution in [0.2, 0.25) is 0 Å². The second-order valence-electron chi connectivity index (χ2n) is 5.16. The number of nitrogens with one attached hydrogen (secondary N) is 2. The molecule has 0 aromatic heterocycles. The average Bonchev–Trinajstić information content (AvgIpc) is 2.82. The molecule has 1 saturated heterocycles. The minimum atomic E-state index is -3.34. The Balaban J connectivity index is 1.93. The van der Waals surface area contributed by atoms with Gasteiger partial charge in [-0.25, -0.2) is 8.42 Å². The largest absolute Gasteiger partial charge is 0.386 e. The number of rotatable bonds is 5. The number of sulfonamides is 1. The first-order valence-electron chi connectivity index (χ1n) is 6.44. The molecule has 0 radical (unpaired) electrons. The predicted molar refractivity (Wildman–Crippen MR) is 77.6 cm³/mol. The van der Waals surface area contributed by atoms with Crippen LogP contribution < -0.4 is 10.0 Å². The molecule has 0 saturated carbocycles. The molecule has 0 bridgehead atoms. The quantitative estimate of drug-likeness (QED) is 0.706. The number of hydrogen-bond donors (Lipinski definition) is 3. The Kier molecular flexibility index (Phi) is 4.50. The topological polar surface area (TPSA) is 105 Å². The number of amides is 1. The van der Waals surface area contributed by atoms with Crippen LogP contribution in [0.3, 0.4) is 0 Å². The van der Waals surface area contributed by atoms with Crippen LogP contribution in [0.15, 0.2) is 24.3 Å². The lowest BCUT2D eigenvalue weighted by Crippen LogP contribution is -2.43. The van der Waals surface area contributed by atoms with Crippen LogP contribution in [0, 0.1) is 0 Å². The summed E-state index contributed by atoms with van der Waals surface area (Å²) in [7, 11) is -3.34. The molecule has 1 aromatic rings. The molecule has 116 valence electrons. The number of benzene rings is 1. The van der Waals surface area contributed by atoms with E-state index in [9.17, 15) is 18.3 Å². The minimum Gasteiger partial charge on any atom is -0.386 e. The number of ether oxygens (including phenoxy) is 1. The average molecular weight is 314 g/mol. The molecular formula is C13H18N2O5S. The summed E-state index contributed by atoms with van der Waals surface area (Å²) in [5.41, 5.74) is -0.235. The van der Waals surface area contributed by atoms with Crippen LogP contribution in [0.4, 0.5) is 5.69 Å². The van der Waals surface area contributed by atoms with E-state index < -0.39 is 15.6 Å². The Morgan fingerprint density at radius 2 is 2.05 bits per heavy atom. The van der Waals surface area contributed by atoms with Crippen molar-refractivity contribution in [1.29, 1.82) is 0 Å². The molecule has 1 unspecified atom stereocenters. The maximum Gasteiger partial charge on any atom is 0.251 e. The van der Waals surface area contributed by atoms with Gasteiger partial charge in [0, 0.05) is 30.8 Å². The Bertz CT molecular complexity index is 606. The molecule has 1 aliphatic heterocycles. The summed E-state index contributed by atoms with van der Waals surface area (Å²) in [6.07, 6.45) is 1.54. The lowest BCUT2D eigenvalue weighted by Gasteiger charge is -2.20. The molecule has 8 heteroatoms. The van der Waals surface area contributed by atoms with E-state index in [0.29, 0.717) is 24.3 Å². The first-order valence-corrected chi connectivity index (χ1v) is 8.33. The third-order valence-electron chi connectivity index (χ3n) is 3.11. The van der Waals surface area contributed by atoms with Crippen LogP contribution in [0.1, 0.15) is 16.8 Å². The highest BCUT2D eigenvalue weighted by atomic mass is 32.2. The van der Waals surface area contributed by atoms with Crippen LogP contribution in [0.25, 0.3) is 0 Å². The Morgan fingerprint density at radius 3 is 2.57 bits per heavy atom. The Labute approximate surface area is 123 Å². The molecule has 1 amide bonds. The number of hydrogen-bond acceptors (Lipinski definition) is 5. The predicted octanol–water partition coefficient (Wildman–Crippen LogP) is -0.0607. The summed E-state index contributed by atoms with van der Waals surface area (Å²) in [6.45, 7) is 0.817. The van der Waals surface area contributed by atoms with Crippen molar-refractivity contribution in [2.45, 2.75) is 12.0 Å². The molecule has 1 atom stereocenters. The lowest BCUT2D eigenvalue weighted by molar-refractivity contribution is 0.0264. The van der Waals surface area contributed by atoms with Crippen molar-refractivity contribution in [3.8, 4) is 0 Å². The number of anilines is 1. The summed E-state index contributed by atoms with van der Waals surface area (Å²) < 4.78 is 29.6. The summed E-state index contributed by atoms with van der Waals surface area (Å²) in [5, 5.41) is 12.7. The van der Waals surface area contributed by atoms with Crippen LogP contribution >= 0.6 is 0 Å². The van der Waals surface area contributed by atoms with Crippen molar-refractivity contribution in [3.05, 3.63) is 29.8 Å². The van der Waals surface area contributed by atoms with E-state index in [2.05, 4.69) is 10.0 Å². The van der Waals surface area contributed by atoms with Gasteiger partial charge in [0.15, 0.2) is 0 Å². The monoisotopic (exact) mass is 314 g/mol. The fourth-order valence-electron chi connectivity index (χ4n) is 1.99. The second-order valence-corrected chi connectivity index (χ2v) is 6.91. The summed E-state index contributed by atoms with van der Waals surface area (Å²) >= 11 is 0. The van der Waals surface area contributed by atoms with Gasteiger partial charge in [-0.15, -0.1) is 0 Å². The van der Waals surface area contributed by atoms with E-state index >= 15 is 0 Å². The molecule has 7 nitrogen and oxygen atoms in total. The number of aliphatic hydroxyl groups is 1. The van der Waals surface area contributed by atoms with Gasteiger partial charge < -0.3 is 15.2 Å². The van der Waals surface area contributed by atoms with Gasteiger partial charge in [-0.05, 0) is 24.3 Å². The maximum absolute atomic E-state index is 11.9. The number of carbonyl (C=O) groups excluding carboxylic acids is 1. The first-order chi connectivity index (χ1) is 9.77. The summed E-state index contributed by atoms with van der Waals surface area (Å²) in [4.78, 5) is 11.9. The zero-order valence-electron chi connectivity index (χ0n) is 11.6. The highest BCUT2D eigenvalue weighted by Crippen LogP contribution is 2.17. The van der Waals surface area contributed by atoms with Gasteiger partial charge in [0.2, 0.25) is 10.0 Å². The molecule has 1 heterocycles. The van der Waals surface area contributed by atoms with E-state index in [1.54, 1.807) is 0 Å². The first kappa shape index (κ1) is 15.7. The third kappa shape index (κ3) is 4.69. The van der Waals surface area contributed by atoms with Crippen molar-refractivity contribution in [2.75, 3.05) is 30.7 Å². The van der Waals surface area contributed by atoms with Crippen molar-refractivity contribution in [2.24, 2.45) is 0 Å². The normalized spacial score (nSPS) is 22.0. The Morgan fingerprint density at radius 1 is 1.38 bits per heavy atom. The van der Waals surface area contributed by atoms with Crippen LogP contribution in [-0.4, -0.2) is 51.0 Å². The molecule has 0 aliphatic carbocycles. The zero-order valence-corrected chi connectivity index (χ0v) is 12.4. The van der Waals surface area contributed by atoms with E-state index in [4.69, 9.17) is 4.74 Å². The van der Waals surface area contributed by atoms with E-state index in [1.165, 1.54) is 24.3 Å². The van der Waals surface area contributed by atoms with Crippen molar-refractivity contribution in [1.82, 2.24) is 5.32 Å². The fourth-order valence-corrected chi connectivity index (χ4v) is 2.55. The van der Waals surface area contributed by atoms with Gasteiger partial charge >= 0.3 is 0 Å². The molecule has 21 heavy (non-hydrogen) atoms. The summed E-state index contributed by atoms with van der Waals surface area (Å²) in [6, 6.07) is 6.03. The smallest absolute Gasteiger partial charge is 0.251 e. The molecule has 1 fully saturated rings. The molecular weight excluding hydrogens is 296 g/mol. The highest BCUT2D eigenvalue weighted by molar-refractivity contribution is 7.92. The van der Waals surface area contributed by atoms with E-state index in [0.717, 1.165) is 6.26 Å². The molecule has 0 spiro atoms. The minimum absolute atomic E-state index is 0.120. The number of carbonyl (C=O) groups is 1. The third-order valence-corrected chi connectivity index (χ3v) is 3.72. The van der Waals surface area contributed by atoms with Gasteiger partial charge in [0.05, 0.1) is 12.9 Å². The molecule has 2 rings (SSSR count). The van der Waals surface area contributed by atoms with Crippen molar-refractivity contribution >= 4 is 21.6 Å². The molecule has 1 aromatic carbocycles. The van der Waals surface area contributed by atoms with Crippen LogP contribution in [0.5, 0.6) is 0 Å². The van der Waals surface area contributed by atoms with Crippen LogP contribution in [-0.2, 0) is 14.8 Å². The van der Waals surface area contributed by atoms with E-state index in [-0.39, 0.29) is 19.1 Å². The van der Waals surface area contributed by atoms with E-state index in [1.807, 2.05) is 0 Å². The van der Waals surface area contributed by atoms with Gasteiger partial charge in [0.1, 0.15) is 5.60 Å². The van der Waals surface area contributed by atoms with Gasteiger partial charge in [-0.1, -0.05) is 0 Å². The van der Waals surface area contributed by atoms with Crippen molar-refractivity contribution < 1.29 is 23.1 Å². The molecule has 1 aliphatic rings. The van der Waals surface area contributed by atoms with Gasteiger partial charge in [0.25, 0.3) is 5.91 Å². The van der Waals surface area contributed by atoms with Crippen molar-refractivity contribution in [3.63, 3.8) is 0 Å².